The molecule has 2 unspecified atom stereocenters. The average molecular weight is 293 g/mol. The van der Waals surface area contributed by atoms with Crippen molar-refractivity contribution in [3.05, 3.63) is 22.4 Å². The number of amides is 1. The van der Waals surface area contributed by atoms with Crippen molar-refractivity contribution in [1.82, 2.24) is 5.32 Å². The summed E-state index contributed by atoms with van der Waals surface area (Å²) in [7, 11) is 0. The molecular weight excluding hydrogens is 272 g/mol. The van der Waals surface area contributed by atoms with E-state index in [-0.39, 0.29) is 24.9 Å². The van der Waals surface area contributed by atoms with Crippen molar-refractivity contribution >= 4 is 29.7 Å². The molecule has 1 amide bonds. The lowest BCUT2D eigenvalue weighted by Gasteiger charge is -2.23. The average Bonchev–Trinajstić information content (AvgIpc) is 2.78. The highest BCUT2D eigenvalue weighted by atomic mass is 35.5. The molecule has 1 rings (SSSR count). The molecule has 0 aliphatic heterocycles. The van der Waals surface area contributed by atoms with Crippen LogP contribution in [0.4, 0.5) is 0 Å². The highest BCUT2D eigenvalue weighted by Crippen LogP contribution is 2.15. The monoisotopic (exact) mass is 292 g/mol. The molecule has 4 nitrogen and oxygen atoms in total. The van der Waals surface area contributed by atoms with Crippen LogP contribution in [-0.2, 0) is 4.79 Å². The lowest BCUT2D eigenvalue weighted by atomic mass is 9.96. The fourth-order valence-electron chi connectivity index (χ4n) is 1.61. The van der Waals surface area contributed by atoms with E-state index >= 15 is 0 Å². The number of aliphatic hydroxyl groups is 1. The van der Waals surface area contributed by atoms with Gasteiger partial charge in [0.25, 0.3) is 0 Å². The van der Waals surface area contributed by atoms with Gasteiger partial charge in [-0.3, -0.25) is 4.79 Å². The number of thiophene rings is 1. The fourth-order valence-corrected chi connectivity index (χ4v) is 2.31. The summed E-state index contributed by atoms with van der Waals surface area (Å²) >= 11 is 1.52. The standard InChI is InChI=1S/C12H20N2O2S.ClH/c1-3-5-12(2,13)11(16)14-7-10(15)9-4-6-17-8-9;/h4,6,8,10,15H,3,5,7,13H2,1-2H3,(H,14,16);1H. The minimum absolute atomic E-state index is 0. The van der Waals surface area contributed by atoms with Crippen LogP contribution in [0.5, 0.6) is 0 Å². The van der Waals surface area contributed by atoms with Gasteiger partial charge in [0.05, 0.1) is 11.6 Å². The van der Waals surface area contributed by atoms with Gasteiger partial charge in [-0.25, -0.2) is 0 Å². The van der Waals surface area contributed by atoms with Crippen LogP contribution < -0.4 is 11.1 Å². The molecule has 0 bridgehead atoms. The number of halogens is 1. The molecule has 2 atom stereocenters. The maximum Gasteiger partial charge on any atom is 0.239 e. The SMILES string of the molecule is CCCC(C)(N)C(=O)NCC(O)c1ccsc1.Cl. The van der Waals surface area contributed by atoms with Crippen LogP contribution >= 0.6 is 23.7 Å². The van der Waals surface area contributed by atoms with Crippen molar-refractivity contribution in [2.45, 2.75) is 38.3 Å². The largest absolute Gasteiger partial charge is 0.387 e. The number of nitrogens with one attached hydrogen (secondary N) is 1. The molecule has 0 aromatic carbocycles. The first-order valence-corrected chi connectivity index (χ1v) is 6.69. The third kappa shape index (κ3) is 4.94. The topological polar surface area (TPSA) is 75.4 Å². The van der Waals surface area contributed by atoms with Crippen LogP contribution in [0.1, 0.15) is 38.4 Å². The lowest BCUT2D eigenvalue weighted by Crippen LogP contribution is -2.52. The molecule has 0 fully saturated rings. The van der Waals surface area contributed by atoms with Crippen molar-refractivity contribution in [2.24, 2.45) is 5.73 Å². The molecule has 0 aliphatic carbocycles. The Morgan fingerprint density at radius 3 is 2.83 bits per heavy atom. The highest BCUT2D eigenvalue weighted by Gasteiger charge is 2.27. The summed E-state index contributed by atoms with van der Waals surface area (Å²) in [4.78, 5) is 11.8. The number of hydrogen-bond acceptors (Lipinski definition) is 4. The number of carbonyl (C=O) groups is 1. The van der Waals surface area contributed by atoms with Crippen LogP contribution in [0, 0.1) is 0 Å². The Balaban J connectivity index is 0.00000289. The summed E-state index contributed by atoms with van der Waals surface area (Å²) in [5.41, 5.74) is 5.85. The third-order valence-electron chi connectivity index (χ3n) is 2.67. The summed E-state index contributed by atoms with van der Waals surface area (Å²) in [6, 6.07) is 1.84. The van der Waals surface area contributed by atoms with Crippen LogP contribution in [0.3, 0.4) is 0 Å². The van der Waals surface area contributed by atoms with E-state index in [1.807, 2.05) is 23.8 Å². The zero-order valence-electron chi connectivity index (χ0n) is 10.7. The van der Waals surface area contributed by atoms with E-state index in [1.165, 1.54) is 11.3 Å². The predicted molar refractivity (Wildman–Crippen MR) is 77.0 cm³/mol. The maximum atomic E-state index is 11.8. The van der Waals surface area contributed by atoms with E-state index in [4.69, 9.17) is 5.73 Å². The van der Waals surface area contributed by atoms with E-state index < -0.39 is 11.6 Å². The number of aliphatic hydroxyl groups excluding tert-OH is 1. The molecule has 18 heavy (non-hydrogen) atoms. The molecule has 6 heteroatoms. The Hall–Kier alpha value is -0.620. The Morgan fingerprint density at radius 2 is 2.33 bits per heavy atom. The van der Waals surface area contributed by atoms with Crippen molar-refractivity contribution in [1.29, 1.82) is 0 Å². The Morgan fingerprint density at radius 1 is 1.67 bits per heavy atom. The van der Waals surface area contributed by atoms with E-state index in [2.05, 4.69) is 5.32 Å². The Kier molecular flexibility index (Phi) is 7.47. The van der Waals surface area contributed by atoms with Gasteiger partial charge in [-0.2, -0.15) is 11.3 Å². The van der Waals surface area contributed by atoms with Gasteiger partial charge in [-0.05, 0) is 35.7 Å². The summed E-state index contributed by atoms with van der Waals surface area (Å²) in [6.07, 6.45) is 0.823. The number of rotatable bonds is 6. The van der Waals surface area contributed by atoms with Gasteiger partial charge in [0, 0.05) is 6.54 Å². The van der Waals surface area contributed by atoms with Gasteiger partial charge in [0.15, 0.2) is 0 Å². The molecule has 1 heterocycles. The minimum atomic E-state index is -0.858. The predicted octanol–water partition coefficient (Wildman–Crippen LogP) is 1.84. The Labute approximate surface area is 118 Å². The van der Waals surface area contributed by atoms with Crippen LogP contribution in [0.15, 0.2) is 16.8 Å². The van der Waals surface area contributed by atoms with Gasteiger partial charge in [0.1, 0.15) is 0 Å². The molecular formula is C12H21ClN2O2S. The molecule has 0 saturated heterocycles. The number of nitrogens with two attached hydrogens (primary N) is 1. The molecule has 1 aromatic heterocycles. The van der Waals surface area contributed by atoms with Crippen molar-refractivity contribution in [3.8, 4) is 0 Å². The minimum Gasteiger partial charge on any atom is -0.387 e. The van der Waals surface area contributed by atoms with E-state index in [0.717, 1.165) is 12.0 Å². The van der Waals surface area contributed by atoms with Crippen LogP contribution in [0.25, 0.3) is 0 Å². The molecule has 0 saturated carbocycles. The van der Waals surface area contributed by atoms with E-state index in [9.17, 15) is 9.90 Å². The van der Waals surface area contributed by atoms with Gasteiger partial charge in [-0.15, -0.1) is 12.4 Å². The van der Waals surface area contributed by atoms with Gasteiger partial charge in [-0.1, -0.05) is 13.3 Å². The first-order chi connectivity index (χ1) is 7.97. The summed E-state index contributed by atoms with van der Waals surface area (Å²) in [5, 5.41) is 16.3. The molecule has 0 spiro atoms. The van der Waals surface area contributed by atoms with Crippen molar-refractivity contribution < 1.29 is 9.90 Å². The molecule has 1 aromatic rings. The number of hydrogen-bond donors (Lipinski definition) is 3. The lowest BCUT2D eigenvalue weighted by molar-refractivity contribution is -0.126. The summed E-state index contributed by atoms with van der Waals surface area (Å²) < 4.78 is 0. The smallest absolute Gasteiger partial charge is 0.239 e. The van der Waals surface area contributed by atoms with Gasteiger partial charge >= 0.3 is 0 Å². The number of carbonyl (C=O) groups excluding carboxylic acids is 1. The summed E-state index contributed by atoms with van der Waals surface area (Å²) in [5.74, 6) is -0.214. The maximum absolute atomic E-state index is 11.8. The third-order valence-corrected chi connectivity index (χ3v) is 3.37. The molecule has 104 valence electrons. The second-order valence-electron chi connectivity index (χ2n) is 4.45. The Bertz CT molecular complexity index is 355. The van der Waals surface area contributed by atoms with Crippen molar-refractivity contribution in [3.63, 3.8) is 0 Å². The van der Waals surface area contributed by atoms with Gasteiger partial charge < -0.3 is 16.2 Å². The molecule has 4 N–H and O–H groups in total. The van der Waals surface area contributed by atoms with Crippen LogP contribution in [-0.4, -0.2) is 23.1 Å². The summed E-state index contributed by atoms with van der Waals surface area (Å²) in [6.45, 7) is 3.90. The zero-order chi connectivity index (χ0) is 12.9. The van der Waals surface area contributed by atoms with E-state index in [1.54, 1.807) is 6.92 Å². The second-order valence-corrected chi connectivity index (χ2v) is 5.23. The first-order valence-electron chi connectivity index (χ1n) is 5.74. The molecule has 0 radical (unpaired) electrons. The highest BCUT2D eigenvalue weighted by molar-refractivity contribution is 7.07. The van der Waals surface area contributed by atoms with Gasteiger partial charge in [0.2, 0.25) is 5.91 Å². The normalized spacial score (nSPS) is 15.3. The van der Waals surface area contributed by atoms with Crippen LogP contribution in [0.2, 0.25) is 0 Å². The fraction of sp³-hybridized carbons (Fsp3) is 0.583. The zero-order valence-corrected chi connectivity index (χ0v) is 12.3. The second kappa shape index (κ2) is 7.74. The quantitative estimate of drug-likeness (QED) is 0.749. The van der Waals surface area contributed by atoms with Crippen molar-refractivity contribution in [2.75, 3.05) is 6.54 Å². The molecule has 0 aliphatic rings. The van der Waals surface area contributed by atoms with E-state index in [0.29, 0.717) is 6.42 Å². The first kappa shape index (κ1) is 17.4.